The molecule has 0 atom stereocenters. The highest BCUT2D eigenvalue weighted by atomic mass is 16.2. The van der Waals surface area contributed by atoms with Gasteiger partial charge < -0.3 is 4.57 Å². The van der Waals surface area contributed by atoms with Crippen molar-refractivity contribution in [2.24, 2.45) is 5.10 Å². The van der Waals surface area contributed by atoms with Gasteiger partial charge in [0.15, 0.2) is 0 Å². The third-order valence-corrected chi connectivity index (χ3v) is 6.71. The molecule has 1 heterocycles. The van der Waals surface area contributed by atoms with Gasteiger partial charge in [0.1, 0.15) is 0 Å². The number of hydrogen-bond acceptors (Lipinski definition) is 2. The van der Waals surface area contributed by atoms with E-state index < -0.39 is 0 Å². The fourth-order valence-corrected chi connectivity index (χ4v) is 4.89. The third kappa shape index (κ3) is 4.30. The van der Waals surface area contributed by atoms with Gasteiger partial charge in [0, 0.05) is 22.5 Å². The summed E-state index contributed by atoms with van der Waals surface area (Å²) in [6.45, 7) is 2.08. The molecule has 0 spiro atoms. The highest BCUT2D eigenvalue weighted by molar-refractivity contribution is 6.13. The van der Waals surface area contributed by atoms with Gasteiger partial charge >= 0.3 is 0 Å². The number of hydrogen-bond donors (Lipinski definition) is 1. The van der Waals surface area contributed by atoms with Crippen LogP contribution in [0.3, 0.4) is 0 Å². The van der Waals surface area contributed by atoms with Crippen LogP contribution >= 0.6 is 0 Å². The molecule has 4 heteroatoms. The summed E-state index contributed by atoms with van der Waals surface area (Å²) in [5.74, 6) is -0.250. The Bertz CT molecular complexity index is 1710. The summed E-state index contributed by atoms with van der Waals surface area (Å²) in [5, 5.41) is 8.80. The Kier molecular flexibility index (Phi) is 5.83. The largest absolute Gasteiger partial charge is 0.314 e. The lowest BCUT2D eigenvalue weighted by Crippen LogP contribution is -2.17. The number of fused-ring (bicyclic) bond motifs is 2. The van der Waals surface area contributed by atoms with E-state index in [2.05, 4.69) is 76.6 Å². The molecule has 6 aromatic rings. The van der Waals surface area contributed by atoms with Gasteiger partial charge in [-0.05, 0) is 76.5 Å². The molecule has 0 aliphatic carbocycles. The number of nitrogens with one attached hydrogen (secondary N) is 1. The average molecular weight is 480 g/mol. The molecule has 1 N–H and O–H groups in total. The van der Waals surface area contributed by atoms with Crippen LogP contribution in [0.4, 0.5) is 0 Å². The molecule has 0 aliphatic rings. The van der Waals surface area contributed by atoms with E-state index in [1.54, 1.807) is 6.21 Å². The number of rotatable bonds is 5. The molecule has 0 radical (unpaired) electrons. The maximum absolute atomic E-state index is 12.9. The first-order valence-corrected chi connectivity index (χ1v) is 12.3. The normalized spacial score (nSPS) is 11.4. The van der Waals surface area contributed by atoms with Crippen molar-refractivity contribution in [3.05, 3.63) is 138 Å². The molecule has 6 rings (SSSR count). The van der Waals surface area contributed by atoms with Crippen molar-refractivity contribution in [2.45, 2.75) is 6.92 Å². The second kappa shape index (κ2) is 9.59. The molecule has 0 saturated heterocycles. The lowest BCUT2D eigenvalue weighted by molar-refractivity contribution is 0.0955. The van der Waals surface area contributed by atoms with E-state index in [-0.39, 0.29) is 5.91 Å². The first-order chi connectivity index (χ1) is 18.2. The van der Waals surface area contributed by atoms with Crippen LogP contribution in [0.1, 0.15) is 21.6 Å². The Morgan fingerprint density at radius 2 is 1.35 bits per heavy atom. The fourth-order valence-electron chi connectivity index (χ4n) is 4.89. The van der Waals surface area contributed by atoms with Crippen molar-refractivity contribution >= 4 is 33.7 Å². The van der Waals surface area contributed by atoms with E-state index in [4.69, 9.17) is 0 Å². The first kappa shape index (κ1) is 22.5. The van der Waals surface area contributed by atoms with Crippen molar-refractivity contribution in [3.63, 3.8) is 0 Å². The fraction of sp³-hybridized carbons (Fsp3) is 0.0303. The summed E-state index contributed by atoms with van der Waals surface area (Å²) >= 11 is 0. The van der Waals surface area contributed by atoms with Crippen molar-refractivity contribution < 1.29 is 4.79 Å². The summed E-state index contributed by atoms with van der Waals surface area (Å²) in [4.78, 5) is 12.9. The predicted octanol–water partition coefficient (Wildman–Crippen LogP) is 7.52. The maximum Gasteiger partial charge on any atom is 0.271 e. The number of nitrogens with zero attached hydrogens (tertiary/aromatic N) is 2. The maximum atomic E-state index is 12.9. The van der Waals surface area contributed by atoms with Crippen LogP contribution in [-0.4, -0.2) is 16.7 Å². The van der Waals surface area contributed by atoms with Gasteiger partial charge in [-0.25, -0.2) is 5.43 Å². The highest BCUT2D eigenvalue weighted by Gasteiger charge is 2.11. The Morgan fingerprint density at radius 3 is 2.03 bits per heavy atom. The molecule has 5 aromatic carbocycles. The molecule has 1 aromatic heterocycles. The van der Waals surface area contributed by atoms with E-state index in [1.807, 2.05) is 66.7 Å². The predicted molar refractivity (Wildman–Crippen MR) is 152 cm³/mol. The Hall–Kier alpha value is -4.96. The van der Waals surface area contributed by atoms with Gasteiger partial charge in [0.25, 0.3) is 5.91 Å². The highest BCUT2D eigenvalue weighted by Crippen LogP contribution is 2.28. The van der Waals surface area contributed by atoms with E-state index in [9.17, 15) is 4.79 Å². The van der Waals surface area contributed by atoms with E-state index >= 15 is 0 Å². The van der Waals surface area contributed by atoms with Crippen LogP contribution in [0, 0.1) is 6.92 Å². The number of amides is 1. The second-order valence-electron chi connectivity index (χ2n) is 9.04. The minimum absolute atomic E-state index is 0.250. The zero-order chi connectivity index (χ0) is 25.2. The number of aromatic nitrogens is 1. The molecular weight excluding hydrogens is 454 g/mol. The number of benzene rings is 5. The average Bonchev–Trinajstić information content (AvgIpc) is 3.34. The van der Waals surface area contributed by atoms with Gasteiger partial charge in [-0.3, -0.25) is 4.79 Å². The lowest BCUT2D eigenvalue weighted by Gasteiger charge is -2.13. The third-order valence-electron chi connectivity index (χ3n) is 6.71. The molecule has 178 valence electrons. The zero-order valence-electron chi connectivity index (χ0n) is 20.4. The minimum Gasteiger partial charge on any atom is -0.314 e. The molecule has 1 amide bonds. The van der Waals surface area contributed by atoms with Gasteiger partial charge in [-0.2, -0.15) is 5.10 Å². The van der Waals surface area contributed by atoms with E-state index in [0.29, 0.717) is 5.56 Å². The molecule has 0 fully saturated rings. The standard InChI is InChI=1S/C33H25N3O/c1-23-15-20-32(24-9-3-2-4-10-24)36(23)28-18-16-25(17-19-28)33(37)35-34-22-31-29-13-7-5-11-26(29)21-27-12-6-8-14-30(27)31/h2-22H,1H3,(H,35,37)/b34-22+. The number of aryl methyl sites for hydroxylation is 1. The summed E-state index contributed by atoms with van der Waals surface area (Å²) in [5.41, 5.74) is 8.63. The van der Waals surface area contributed by atoms with Crippen LogP contribution in [0.2, 0.25) is 0 Å². The van der Waals surface area contributed by atoms with Crippen LogP contribution in [0.15, 0.2) is 126 Å². The van der Waals surface area contributed by atoms with Crippen molar-refractivity contribution in [1.29, 1.82) is 0 Å². The number of carbonyl (C=O) groups excluding carboxylic acids is 1. The van der Waals surface area contributed by atoms with Crippen molar-refractivity contribution in [2.75, 3.05) is 0 Å². The smallest absolute Gasteiger partial charge is 0.271 e. The van der Waals surface area contributed by atoms with Crippen LogP contribution < -0.4 is 5.43 Å². The topological polar surface area (TPSA) is 46.4 Å². The van der Waals surface area contributed by atoms with Crippen LogP contribution in [0.25, 0.3) is 38.5 Å². The number of carbonyl (C=O) groups is 1. The summed E-state index contributed by atoms with van der Waals surface area (Å²) < 4.78 is 2.20. The zero-order valence-corrected chi connectivity index (χ0v) is 20.4. The molecule has 0 unspecified atom stereocenters. The molecule has 37 heavy (non-hydrogen) atoms. The van der Waals surface area contributed by atoms with Crippen molar-refractivity contribution in [1.82, 2.24) is 9.99 Å². The Morgan fingerprint density at radius 1 is 0.730 bits per heavy atom. The van der Waals surface area contributed by atoms with Gasteiger partial charge in [0.05, 0.1) is 11.9 Å². The molecule has 0 aliphatic heterocycles. The van der Waals surface area contributed by atoms with Crippen molar-refractivity contribution in [3.8, 4) is 16.9 Å². The van der Waals surface area contributed by atoms with Gasteiger partial charge in [-0.15, -0.1) is 0 Å². The first-order valence-electron chi connectivity index (χ1n) is 12.3. The second-order valence-corrected chi connectivity index (χ2v) is 9.04. The van der Waals surface area contributed by atoms with E-state index in [1.165, 1.54) is 0 Å². The SMILES string of the molecule is Cc1ccc(-c2ccccc2)n1-c1ccc(C(=O)N/N=C/c2c3ccccc3cc3ccccc23)cc1. The summed E-state index contributed by atoms with van der Waals surface area (Å²) in [7, 11) is 0. The Labute approximate surface area is 215 Å². The molecular formula is C33H25N3O. The van der Waals surface area contributed by atoms with Crippen LogP contribution in [-0.2, 0) is 0 Å². The molecule has 4 nitrogen and oxygen atoms in total. The lowest BCUT2D eigenvalue weighted by atomic mass is 9.97. The van der Waals surface area contributed by atoms with Gasteiger partial charge in [-0.1, -0.05) is 78.9 Å². The Balaban J connectivity index is 1.25. The monoisotopic (exact) mass is 479 g/mol. The summed E-state index contributed by atoms with van der Waals surface area (Å²) in [6.07, 6.45) is 1.74. The van der Waals surface area contributed by atoms with Gasteiger partial charge in [0.2, 0.25) is 0 Å². The van der Waals surface area contributed by atoms with E-state index in [0.717, 1.165) is 49.7 Å². The molecule has 0 saturated carbocycles. The molecule has 0 bridgehead atoms. The minimum atomic E-state index is -0.250. The summed E-state index contributed by atoms with van der Waals surface area (Å²) in [6, 6.07) is 40.7. The number of hydrazone groups is 1. The van der Waals surface area contributed by atoms with Crippen LogP contribution in [0.5, 0.6) is 0 Å². The quantitative estimate of drug-likeness (QED) is 0.155.